The van der Waals surface area contributed by atoms with E-state index in [0.29, 0.717) is 16.5 Å². The van der Waals surface area contributed by atoms with Gasteiger partial charge in [0.05, 0.1) is 14.2 Å². The molecular weight excluding hydrogens is 262 g/mol. The number of hydrogen-bond donors (Lipinski definition) is 1. The van der Waals surface area contributed by atoms with Gasteiger partial charge in [0.1, 0.15) is 16.5 Å². The monoisotopic (exact) mass is 283 g/mol. The molecule has 1 saturated carbocycles. The summed E-state index contributed by atoms with van der Waals surface area (Å²) in [6.07, 6.45) is 6.24. The number of hydrogen-bond acceptors (Lipinski definition) is 3. The summed E-state index contributed by atoms with van der Waals surface area (Å²) < 4.78 is 10.6. The van der Waals surface area contributed by atoms with E-state index in [4.69, 9.17) is 26.8 Å². The van der Waals surface area contributed by atoms with Crippen LogP contribution >= 0.6 is 11.6 Å². The maximum absolute atomic E-state index is 6.33. The van der Waals surface area contributed by atoms with Gasteiger partial charge in [0.25, 0.3) is 0 Å². The van der Waals surface area contributed by atoms with E-state index < -0.39 is 0 Å². The quantitative estimate of drug-likeness (QED) is 0.890. The third-order valence-corrected chi connectivity index (χ3v) is 4.34. The van der Waals surface area contributed by atoms with E-state index in [-0.39, 0.29) is 6.04 Å². The van der Waals surface area contributed by atoms with Crippen LogP contribution in [-0.2, 0) is 0 Å². The zero-order chi connectivity index (χ0) is 13.8. The minimum Gasteiger partial charge on any atom is -0.495 e. The van der Waals surface area contributed by atoms with E-state index >= 15 is 0 Å². The number of benzene rings is 1. The van der Waals surface area contributed by atoms with Crippen LogP contribution in [0.25, 0.3) is 0 Å². The summed E-state index contributed by atoms with van der Waals surface area (Å²) in [5.74, 6) is 2.00. The highest BCUT2D eigenvalue weighted by molar-refractivity contribution is 6.33. The fourth-order valence-electron chi connectivity index (χ4n) is 2.94. The van der Waals surface area contributed by atoms with Gasteiger partial charge in [-0.3, -0.25) is 0 Å². The van der Waals surface area contributed by atoms with Crippen molar-refractivity contribution in [3.63, 3.8) is 0 Å². The van der Waals surface area contributed by atoms with E-state index in [1.807, 2.05) is 12.1 Å². The van der Waals surface area contributed by atoms with E-state index in [9.17, 15) is 0 Å². The van der Waals surface area contributed by atoms with Gasteiger partial charge >= 0.3 is 0 Å². The van der Waals surface area contributed by atoms with Crippen LogP contribution < -0.4 is 15.2 Å². The molecule has 2 rings (SSSR count). The Morgan fingerprint density at radius 1 is 1.26 bits per heavy atom. The molecule has 0 bridgehead atoms. The predicted octanol–water partition coefficient (Wildman–Crippen LogP) is 3.94. The lowest BCUT2D eigenvalue weighted by molar-refractivity contribution is 0.381. The van der Waals surface area contributed by atoms with Crippen molar-refractivity contribution in [2.75, 3.05) is 14.2 Å². The van der Waals surface area contributed by atoms with Crippen molar-refractivity contribution in [2.45, 2.75) is 38.1 Å². The van der Waals surface area contributed by atoms with Crippen LogP contribution in [0.15, 0.2) is 12.1 Å². The van der Waals surface area contributed by atoms with Crippen LogP contribution in [0.4, 0.5) is 0 Å². The maximum Gasteiger partial charge on any atom is 0.146 e. The number of halogens is 1. The highest BCUT2D eigenvalue weighted by Crippen LogP contribution is 2.41. The number of nitrogens with two attached hydrogens (primary N) is 1. The van der Waals surface area contributed by atoms with Crippen LogP contribution in [0.5, 0.6) is 11.5 Å². The lowest BCUT2D eigenvalue weighted by Gasteiger charge is -2.20. The predicted molar refractivity (Wildman–Crippen MR) is 78.1 cm³/mol. The molecule has 3 nitrogen and oxygen atoms in total. The highest BCUT2D eigenvalue weighted by atomic mass is 35.5. The van der Waals surface area contributed by atoms with Gasteiger partial charge in [-0.1, -0.05) is 37.3 Å². The first-order valence-electron chi connectivity index (χ1n) is 6.83. The average Bonchev–Trinajstić information content (AvgIpc) is 2.91. The first-order valence-corrected chi connectivity index (χ1v) is 7.21. The second-order valence-corrected chi connectivity index (χ2v) is 5.57. The second kappa shape index (κ2) is 6.49. The van der Waals surface area contributed by atoms with Gasteiger partial charge in [-0.15, -0.1) is 0 Å². The lowest BCUT2D eigenvalue weighted by Crippen LogP contribution is -2.15. The minimum atomic E-state index is -0.0264. The van der Waals surface area contributed by atoms with E-state index in [1.165, 1.54) is 25.7 Å². The molecule has 0 radical (unpaired) electrons. The smallest absolute Gasteiger partial charge is 0.146 e. The Bertz CT molecular complexity index is 430. The summed E-state index contributed by atoms with van der Waals surface area (Å²) in [6, 6.07) is 3.79. The molecule has 1 unspecified atom stereocenters. The summed E-state index contributed by atoms with van der Waals surface area (Å²) in [5.41, 5.74) is 7.30. The van der Waals surface area contributed by atoms with Crippen molar-refractivity contribution in [2.24, 2.45) is 11.7 Å². The topological polar surface area (TPSA) is 44.5 Å². The van der Waals surface area contributed by atoms with Crippen LogP contribution in [0, 0.1) is 5.92 Å². The molecule has 1 atom stereocenters. The van der Waals surface area contributed by atoms with E-state index in [1.54, 1.807) is 14.2 Å². The van der Waals surface area contributed by atoms with Crippen molar-refractivity contribution < 1.29 is 9.47 Å². The first-order chi connectivity index (χ1) is 9.17. The molecule has 1 fully saturated rings. The molecule has 1 aromatic rings. The van der Waals surface area contributed by atoms with Crippen LogP contribution in [-0.4, -0.2) is 14.2 Å². The van der Waals surface area contributed by atoms with Crippen molar-refractivity contribution >= 4 is 11.6 Å². The normalized spacial score (nSPS) is 17.5. The summed E-state index contributed by atoms with van der Waals surface area (Å²) in [4.78, 5) is 0. The van der Waals surface area contributed by atoms with Crippen LogP contribution in [0.2, 0.25) is 5.02 Å². The maximum atomic E-state index is 6.33. The molecule has 0 amide bonds. The Balaban J connectivity index is 2.20. The average molecular weight is 284 g/mol. The summed E-state index contributed by atoms with van der Waals surface area (Å²) in [7, 11) is 3.21. The third kappa shape index (κ3) is 3.15. The molecule has 0 saturated heterocycles. The molecule has 0 heterocycles. The summed E-state index contributed by atoms with van der Waals surface area (Å²) in [6.45, 7) is 0. The van der Waals surface area contributed by atoms with Crippen molar-refractivity contribution in [3.8, 4) is 11.5 Å². The van der Waals surface area contributed by atoms with Gasteiger partial charge in [-0.05, 0) is 24.5 Å². The lowest BCUT2D eigenvalue weighted by atomic mass is 9.93. The number of methoxy groups -OCH3 is 2. The molecule has 1 aliphatic rings. The molecule has 0 spiro atoms. The van der Waals surface area contributed by atoms with Crippen molar-refractivity contribution in [1.82, 2.24) is 0 Å². The second-order valence-electron chi connectivity index (χ2n) is 5.20. The molecule has 1 aromatic carbocycles. The molecular formula is C15H22ClNO2. The van der Waals surface area contributed by atoms with E-state index in [0.717, 1.165) is 17.9 Å². The molecule has 106 valence electrons. The number of rotatable bonds is 5. The van der Waals surface area contributed by atoms with E-state index in [2.05, 4.69) is 0 Å². The largest absolute Gasteiger partial charge is 0.495 e. The van der Waals surface area contributed by atoms with Gasteiger partial charge in [0, 0.05) is 11.6 Å². The van der Waals surface area contributed by atoms with Gasteiger partial charge in [-0.2, -0.15) is 0 Å². The molecule has 4 heteroatoms. The molecule has 2 N–H and O–H groups in total. The Hall–Kier alpha value is -0.930. The van der Waals surface area contributed by atoms with Crippen molar-refractivity contribution in [3.05, 3.63) is 22.7 Å². The molecule has 19 heavy (non-hydrogen) atoms. The van der Waals surface area contributed by atoms with Crippen LogP contribution in [0.3, 0.4) is 0 Å². The Kier molecular flexibility index (Phi) is 4.94. The molecule has 0 aromatic heterocycles. The highest BCUT2D eigenvalue weighted by Gasteiger charge is 2.23. The first kappa shape index (κ1) is 14.5. The SMILES string of the molecule is COc1ccc(C(N)CC2CCCC2)c(OC)c1Cl. The summed E-state index contributed by atoms with van der Waals surface area (Å²) in [5, 5.41) is 0.504. The fourth-order valence-corrected chi connectivity index (χ4v) is 3.27. The van der Waals surface area contributed by atoms with Gasteiger partial charge in [-0.25, -0.2) is 0 Å². The molecule has 1 aliphatic carbocycles. The zero-order valence-electron chi connectivity index (χ0n) is 11.6. The Labute approximate surface area is 120 Å². The van der Waals surface area contributed by atoms with Gasteiger partial charge in [0.2, 0.25) is 0 Å². The molecule has 0 aliphatic heterocycles. The summed E-state index contributed by atoms with van der Waals surface area (Å²) >= 11 is 6.27. The van der Waals surface area contributed by atoms with Crippen molar-refractivity contribution in [1.29, 1.82) is 0 Å². The standard InChI is InChI=1S/C15H22ClNO2/c1-18-13-8-7-11(15(19-2)14(13)16)12(17)9-10-5-3-4-6-10/h7-8,10,12H,3-6,9,17H2,1-2H3. The Morgan fingerprint density at radius 3 is 2.53 bits per heavy atom. The number of ether oxygens (including phenoxy) is 2. The minimum absolute atomic E-state index is 0.0264. The van der Waals surface area contributed by atoms with Gasteiger partial charge in [0.15, 0.2) is 0 Å². The van der Waals surface area contributed by atoms with Crippen LogP contribution in [0.1, 0.15) is 43.7 Å². The Morgan fingerprint density at radius 2 is 1.95 bits per heavy atom. The zero-order valence-corrected chi connectivity index (χ0v) is 12.4. The third-order valence-electron chi connectivity index (χ3n) is 3.98. The fraction of sp³-hybridized carbons (Fsp3) is 0.600. The van der Waals surface area contributed by atoms with Gasteiger partial charge < -0.3 is 15.2 Å².